The molecule has 102 heavy (non-hydrogen) atoms. The van der Waals surface area contributed by atoms with Crippen LogP contribution < -0.4 is 0 Å². The highest BCUT2D eigenvalue weighted by Gasteiger charge is 2.63. The number of esters is 2. The minimum Gasteiger partial charge on any atom is -0.458 e. The number of carbonyl (C=O) groups is 8. The van der Waals surface area contributed by atoms with Crippen LogP contribution in [0.25, 0.3) is 20.9 Å². The van der Waals surface area contributed by atoms with Crippen LogP contribution >= 0.6 is 0 Å². The number of hydrogen-bond acceptors (Lipinski definition) is 24. The molecule has 0 bridgehead atoms. The zero-order valence-corrected chi connectivity index (χ0v) is 65.3. The summed E-state index contributed by atoms with van der Waals surface area (Å²) in [4.78, 5) is 125. The maximum Gasteiger partial charge on any atom is 0.410 e. The third-order valence-electron chi connectivity index (χ3n) is 22.6. The van der Waals surface area contributed by atoms with Crippen LogP contribution in [0.15, 0.2) is 10.2 Å². The Balaban J connectivity index is 0.000000422. The lowest BCUT2D eigenvalue weighted by atomic mass is 9.73. The summed E-state index contributed by atoms with van der Waals surface area (Å²) in [6.45, 7) is 31.0. The zero-order chi connectivity index (χ0) is 77.4. The van der Waals surface area contributed by atoms with Crippen LogP contribution in [0.1, 0.15) is 182 Å². The molecule has 26 atom stereocenters. The number of hydrogen-bond donors (Lipinski definition) is 2. The number of methoxy groups -OCH3 is 2. The Bertz CT molecular complexity index is 2750. The van der Waals surface area contributed by atoms with Crippen molar-refractivity contribution in [1.29, 1.82) is 0 Å². The molecule has 0 aliphatic carbocycles. The zero-order valence-electron chi connectivity index (χ0n) is 65.3. The number of nitrogens with zero attached hydrogens (tertiary/aromatic N) is 10. The van der Waals surface area contributed by atoms with Gasteiger partial charge in [-0.3, -0.25) is 28.8 Å². The number of likely N-dealkylation sites (N-methyl/N-ethyl adjacent to an activating group) is 1. The lowest BCUT2D eigenvalue weighted by Gasteiger charge is -2.47. The van der Waals surface area contributed by atoms with Gasteiger partial charge in [0.1, 0.15) is 41.7 Å². The van der Waals surface area contributed by atoms with Crippen molar-refractivity contribution < 1.29 is 95.9 Å². The smallest absolute Gasteiger partial charge is 0.410 e. The van der Waals surface area contributed by atoms with E-state index in [-0.39, 0.29) is 93.6 Å². The minimum atomic E-state index is -1.41. The quantitative estimate of drug-likeness (QED) is 0.0218. The summed E-state index contributed by atoms with van der Waals surface area (Å²) in [5.74, 6) is -9.70. The van der Waals surface area contributed by atoms with Crippen molar-refractivity contribution in [2.24, 2.45) is 63.5 Å². The van der Waals surface area contributed by atoms with Gasteiger partial charge in [-0.15, -0.1) is 0 Å². The second kappa shape index (κ2) is 38.6. The second-order valence-electron chi connectivity index (χ2n) is 30.4. The number of rotatable bonds is 20. The van der Waals surface area contributed by atoms with Gasteiger partial charge in [-0.1, -0.05) is 72.5 Å². The average molecular weight is 1450 g/mol. The molecular weight excluding hydrogens is 1320 g/mol. The standard InChI is InChI=1S/C36H61N5O9.C35H59N5O10.CH4O/c1-13-27-36(9)30(41(34(45)50-36)17-15-14-16-38-39-37)23(5)28(42)20(2)19-35(8,46-12)31(24(6)29(43)25(7)32(44)48-27)49-33-22(4)26(40(10)11)18-21(3)47-33;1-12-25-35(8)29(40(33(45)50-35)16-14-13-15-37-38-36)21(4)26(41)19(2)18-34(7,46-11)30(22(5)27(42)23(6)31(44)48-25)49-32-28(43)24(39(9)10)17-20(3)47-32;1-2/h20-27,30-31,33H,13-19H2,1-12H3;19-25,28-30,32,43H,12-18H2,1-11H3;2H,1H3/t20-,21?,22?,23+,24+,25-,26?,27-,30-,31-,33+,35-,36-;19-,20?,21+,22+,23-,24?,25-,28?,29-,30-,32+,34-,35-;/m11./s1. The van der Waals surface area contributed by atoms with Crippen LogP contribution in [0.2, 0.25) is 0 Å². The summed E-state index contributed by atoms with van der Waals surface area (Å²) in [6, 6.07) is -1.71. The first-order valence-electron chi connectivity index (χ1n) is 36.5. The van der Waals surface area contributed by atoms with Crippen molar-refractivity contribution in [2.45, 2.75) is 284 Å². The number of unbranched alkanes of at least 4 members (excludes halogenated alkanes) is 2. The second-order valence-corrected chi connectivity index (χ2v) is 30.4. The summed E-state index contributed by atoms with van der Waals surface area (Å²) >= 11 is 0. The molecule has 582 valence electrons. The van der Waals surface area contributed by atoms with Gasteiger partial charge in [0.25, 0.3) is 0 Å². The van der Waals surface area contributed by atoms with Crippen LogP contribution in [-0.2, 0) is 76.1 Å². The SMILES string of the molecule is CC[C@H]1OC(=O)[C@H](C)C(=O)[C@H](C)[C@@H](O[C@@H]2OC(C)CC(N(C)C)C2C)[C@](C)(OC)C[C@@H](C)C(=O)[C@H](C)[C@H]2N(CCCCN=[N+]=[N-])C(=O)O[C@]12C.CC[C@H]1OC(=O)[C@H](C)C(=O)[C@H](C)[C@@H](O[C@@H]2OC(C)CC(N(C)C)C2O)[C@](C)(OC)C[C@@H](C)C(=O)[C@H](C)[C@H]2N(CCCCN=[N+]=[N-])C(=O)O[C@]12C.CO. The van der Waals surface area contributed by atoms with Crippen LogP contribution in [0, 0.1) is 53.3 Å². The Labute approximate surface area is 604 Å². The number of aliphatic hydroxyl groups excluding tert-OH is 2. The molecule has 6 aliphatic heterocycles. The molecule has 0 aromatic rings. The Kier molecular flexibility index (Phi) is 33.6. The van der Waals surface area contributed by atoms with Crippen molar-refractivity contribution in [3.63, 3.8) is 0 Å². The van der Waals surface area contributed by atoms with Gasteiger partial charge < -0.3 is 77.2 Å². The van der Waals surface area contributed by atoms with Gasteiger partial charge in [-0.2, -0.15) is 0 Å². The Morgan fingerprint density at radius 1 is 0.539 bits per heavy atom. The number of Topliss-reactive ketones (excluding diaryl/α,β-unsaturated/α-hetero) is 4. The molecule has 0 radical (unpaired) electrons. The number of ether oxygens (including phenoxy) is 10. The number of aliphatic hydroxyl groups is 2. The van der Waals surface area contributed by atoms with E-state index in [0.29, 0.717) is 32.1 Å². The molecule has 6 unspecified atom stereocenters. The molecule has 6 rings (SSSR count). The van der Waals surface area contributed by atoms with Gasteiger partial charge in [0.2, 0.25) is 0 Å². The summed E-state index contributed by atoms with van der Waals surface area (Å²) in [5.41, 5.74) is 12.1. The van der Waals surface area contributed by atoms with E-state index in [0.717, 1.165) is 13.5 Å². The lowest BCUT2D eigenvalue weighted by molar-refractivity contribution is -0.295. The fraction of sp³-hybridized carbons (Fsp3) is 0.889. The van der Waals surface area contributed by atoms with Gasteiger partial charge in [0.05, 0.1) is 47.7 Å². The van der Waals surface area contributed by atoms with E-state index in [1.165, 1.54) is 37.9 Å². The van der Waals surface area contributed by atoms with Gasteiger partial charge >= 0.3 is 24.1 Å². The number of amides is 2. The molecule has 0 saturated carbocycles. The molecule has 2 amide bonds. The van der Waals surface area contributed by atoms with Crippen LogP contribution in [0.4, 0.5) is 9.59 Å². The highest BCUT2D eigenvalue weighted by atomic mass is 16.7. The van der Waals surface area contributed by atoms with Crippen molar-refractivity contribution in [3.05, 3.63) is 20.9 Å². The fourth-order valence-electron chi connectivity index (χ4n) is 16.8. The normalized spacial score (nSPS) is 39.8. The predicted octanol–water partition coefficient (Wildman–Crippen LogP) is 9.45. The van der Waals surface area contributed by atoms with Gasteiger partial charge in [-0.25, -0.2) is 9.59 Å². The van der Waals surface area contributed by atoms with E-state index in [2.05, 4.69) is 31.9 Å². The third kappa shape index (κ3) is 20.1. The molecule has 0 aromatic heterocycles. The first kappa shape index (κ1) is 88.8. The first-order chi connectivity index (χ1) is 47.8. The number of carbonyl (C=O) groups excluding carboxylic acids is 8. The fourth-order valence-corrected chi connectivity index (χ4v) is 16.8. The predicted molar refractivity (Wildman–Crippen MR) is 377 cm³/mol. The molecule has 6 fully saturated rings. The number of fused-ring (bicyclic) bond motifs is 2. The summed E-state index contributed by atoms with van der Waals surface area (Å²) in [5, 5.41) is 25.5. The van der Waals surface area contributed by atoms with E-state index in [1.54, 1.807) is 62.3 Å². The third-order valence-corrected chi connectivity index (χ3v) is 22.6. The maximum atomic E-state index is 14.5. The molecule has 30 nitrogen and oxygen atoms in total. The van der Waals surface area contributed by atoms with E-state index >= 15 is 0 Å². The Morgan fingerprint density at radius 2 is 0.892 bits per heavy atom. The van der Waals surface area contributed by atoms with E-state index in [1.807, 2.05) is 67.7 Å². The van der Waals surface area contributed by atoms with Crippen molar-refractivity contribution in [2.75, 3.05) is 75.7 Å². The molecule has 0 spiro atoms. The molecule has 0 aromatic carbocycles. The molecule has 6 heterocycles. The monoisotopic (exact) mass is 1450 g/mol. The number of cyclic esters (lactones) is 2. The van der Waals surface area contributed by atoms with Crippen molar-refractivity contribution in [3.8, 4) is 0 Å². The van der Waals surface area contributed by atoms with Crippen LogP contribution in [0.3, 0.4) is 0 Å². The highest BCUT2D eigenvalue weighted by Crippen LogP contribution is 2.46. The van der Waals surface area contributed by atoms with Crippen molar-refractivity contribution >= 4 is 47.3 Å². The molecular formula is C72H124N10O20. The summed E-state index contributed by atoms with van der Waals surface area (Å²) in [7, 11) is 11.8. The first-order valence-corrected chi connectivity index (χ1v) is 36.5. The van der Waals surface area contributed by atoms with E-state index < -0.39 is 161 Å². The Hall–Kier alpha value is -5.62. The topological polar surface area (TPSA) is 380 Å². The van der Waals surface area contributed by atoms with Crippen LogP contribution in [0.5, 0.6) is 0 Å². The number of azide groups is 2. The number of ketones is 4. The Morgan fingerprint density at radius 3 is 1.24 bits per heavy atom. The van der Waals surface area contributed by atoms with E-state index in [4.69, 9.17) is 63.5 Å². The van der Waals surface area contributed by atoms with Crippen molar-refractivity contribution in [1.82, 2.24) is 19.6 Å². The largest absolute Gasteiger partial charge is 0.458 e. The minimum absolute atomic E-state index is 0.0558. The van der Waals surface area contributed by atoms with E-state index in [9.17, 15) is 43.5 Å². The average Bonchev–Trinajstić information content (AvgIpc) is 1.36. The molecule has 2 N–H and O–H groups in total. The van der Waals surface area contributed by atoms with Gasteiger partial charge in [0.15, 0.2) is 35.3 Å². The van der Waals surface area contributed by atoms with Gasteiger partial charge in [0, 0.05) is 111 Å². The molecule has 6 aliphatic rings. The maximum absolute atomic E-state index is 14.5. The lowest BCUT2D eigenvalue weighted by Crippen LogP contribution is -2.60. The summed E-state index contributed by atoms with van der Waals surface area (Å²) < 4.78 is 62.2. The van der Waals surface area contributed by atoms with Crippen LogP contribution in [-0.4, -0.2) is 255 Å². The summed E-state index contributed by atoms with van der Waals surface area (Å²) in [6.07, 6.45) is -4.05. The molecule has 6 saturated heterocycles. The van der Waals surface area contributed by atoms with Gasteiger partial charge in [-0.05, 0) is 159 Å². The molecule has 30 heteroatoms. The highest BCUT2D eigenvalue weighted by molar-refractivity contribution is 6.01.